The Morgan fingerprint density at radius 1 is 0.900 bits per heavy atom. The maximum atomic E-state index is 13.1. The van der Waals surface area contributed by atoms with Crippen LogP contribution in [-0.4, -0.2) is 11.6 Å². The molecule has 4 aliphatic rings. The Hall–Kier alpha value is -1.18. The van der Waals surface area contributed by atoms with Gasteiger partial charge in [-0.25, -0.2) is 0 Å². The van der Waals surface area contributed by atoms with Crippen LogP contribution in [0.2, 0.25) is 0 Å². The van der Waals surface area contributed by atoms with Crippen LogP contribution in [-0.2, 0) is 9.59 Å². The number of fused-ring (bicyclic) bond motifs is 5. The summed E-state index contributed by atoms with van der Waals surface area (Å²) in [7, 11) is 0. The van der Waals surface area contributed by atoms with Crippen molar-refractivity contribution in [2.75, 3.05) is 0 Å². The molecule has 2 nitrogen and oxygen atoms in total. The maximum absolute atomic E-state index is 13.1. The van der Waals surface area contributed by atoms with E-state index in [4.69, 9.17) is 0 Å². The molecule has 0 aromatic heterocycles. The number of ketones is 2. The molecule has 0 amide bonds. The van der Waals surface area contributed by atoms with Gasteiger partial charge in [0, 0.05) is 18.8 Å². The van der Waals surface area contributed by atoms with Crippen LogP contribution in [0.1, 0.15) is 86.5 Å². The van der Waals surface area contributed by atoms with Crippen LogP contribution >= 0.6 is 0 Å². The molecule has 0 heterocycles. The summed E-state index contributed by atoms with van der Waals surface area (Å²) in [5.41, 5.74) is 1.78. The fourth-order valence-corrected chi connectivity index (χ4v) is 7.77. The van der Waals surface area contributed by atoms with Gasteiger partial charge in [-0.2, -0.15) is 0 Å². The molecule has 8 atom stereocenters. The topological polar surface area (TPSA) is 34.1 Å². The summed E-state index contributed by atoms with van der Waals surface area (Å²) in [6.45, 7) is 14.2. The van der Waals surface area contributed by atoms with E-state index >= 15 is 0 Å². The Bertz CT molecular complexity index is 774. The lowest BCUT2D eigenvalue weighted by Gasteiger charge is -2.56. The highest BCUT2D eigenvalue weighted by Crippen LogP contribution is 2.66. The summed E-state index contributed by atoms with van der Waals surface area (Å²) in [5, 5.41) is 0. The predicted molar refractivity (Wildman–Crippen MR) is 123 cm³/mol. The Morgan fingerprint density at radius 2 is 1.60 bits per heavy atom. The minimum atomic E-state index is -0.0616. The van der Waals surface area contributed by atoms with Crippen molar-refractivity contribution in [1.82, 2.24) is 0 Å². The van der Waals surface area contributed by atoms with Gasteiger partial charge in [0.05, 0.1) is 0 Å². The summed E-state index contributed by atoms with van der Waals surface area (Å²) in [6, 6.07) is 0. The Morgan fingerprint density at radius 3 is 2.30 bits per heavy atom. The van der Waals surface area contributed by atoms with Crippen molar-refractivity contribution in [1.29, 1.82) is 0 Å². The quantitative estimate of drug-likeness (QED) is 0.478. The van der Waals surface area contributed by atoms with Gasteiger partial charge in [-0.1, -0.05) is 59.3 Å². The van der Waals surface area contributed by atoms with Gasteiger partial charge in [-0.3, -0.25) is 9.59 Å². The second-order valence-corrected chi connectivity index (χ2v) is 12.0. The van der Waals surface area contributed by atoms with E-state index in [1.54, 1.807) is 0 Å². The van der Waals surface area contributed by atoms with Gasteiger partial charge in [0.25, 0.3) is 0 Å². The minimum absolute atomic E-state index is 0.00666. The molecule has 0 aromatic carbocycles. The standard InChI is InChI=1S/C28H42O2/c1-17(2)18(3)7-8-19(4)22-9-10-23-21-16-26(30)25-15-20(29)11-13-28(25,6)24(21)12-14-27(22,23)5/h7-8,16-19,22-25H,9-15H2,1-6H3/t18-,19+,22+,23-,24-,25?,27+,28+/m0/s1. The zero-order chi connectivity index (χ0) is 21.8. The first-order valence-electron chi connectivity index (χ1n) is 12.5. The van der Waals surface area contributed by atoms with E-state index < -0.39 is 0 Å². The zero-order valence-electron chi connectivity index (χ0n) is 20.0. The molecule has 1 unspecified atom stereocenters. The number of hydrogen-bond acceptors (Lipinski definition) is 2. The van der Waals surface area contributed by atoms with Gasteiger partial charge in [-0.05, 0) is 84.5 Å². The van der Waals surface area contributed by atoms with Crippen molar-refractivity contribution < 1.29 is 9.59 Å². The van der Waals surface area contributed by atoms with Gasteiger partial charge in [0.1, 0.15) is 5.78 Å². The van der Waals surface area contributed by atoms with E-state index in [1.165, 1.54) is 31.3 Å². The molecule has 0 aromatic rings. The molecule has 3 fully saturated rings. The molecule has 30 heavy (non-hydrogen) atoms. The van der Waals surface area contributed by atoms with Crippen LogP contribution in [0.25, 0.3) is 0 Å². The maximum Gasteiger partial charge on any atom is 0.159 e. The second kappa shape index (κ2) is 7.75. The first kappa shape index (κ1) is 22.0. The lowest BCUT2D eigenvalue weighted by molar-refractivity contribution is -0.138. The molecule has 2 heteroatoms. The first-order chi connectivity index (χ1) is 14.1. The summed E-state index contributed by atoms with van der Waals surface area (Å²) in [5.74, 6) is 4.15. The monoisotopic (exact) mass is 410 g/mol. The van der Waals surface area contributed by atoms with Gasteiger partial charge in [0.15, 0.2) is 5.78 Å². The highest BCUT2D eigenvalue weighted by Gasteiger charge is 2.59. The number of carbonyl (C=O) groups is 2. The fraction of sp³-hybridized carbons (Fsp3) is 0.786. The van der Waals surface area contributed by atoms with Crippen molar-refractivity contribution in [2.45, 2.75) is 86.5 Å². The molecule has 0 N–H and O–H groups in total. The van der Waals surface area contributed by atoms with E-state index in [0.717, 1.165) is 6.42 Å². The Balaban J connectivity index is 1.59. The highest BCUT2D eigenvalue weighted by atomic mass is 16.1. The lowest BCUT2D eigenvalue weighted by atomic mass is 9.47. The van der Waals surface area contributed by atoms with Crippen molar-refractivity contribution >= 4 is 11.6 Å². The number of hydrogen-bond donors (Lipinski definition) is 0. The molecule has 166 valence electrons. The number of Topliss-reactive ketones (excluding diaryl/α,β-unsaturated/α-hetero) is 1. The highest BCUT2D eigenvalue weighted by molar-refractivity contribution is 5.98. The van der Waals surface area contributed by atoms with Crippen LogP contribution in [0, 0.1) is 52.3 Å². The molecule has 0 aliphatic heterocycles. The zero-order valence-corrected chi connectivity index (χ0v) is 20.0. The third kappa shape index (κ3) is 3.37. The molecule has 3 saturated carbocycles. The van der Waals surface area contributed by atoms with Gasteiger partial charge >= 0.3 is 0 Å². The van der Waals surface area contributed by atoms with Gasteiger partial charge in [-0.15, -0.1) is 0 Å². The van der Waals surface area contributed by atoms with Crippen molar-refractivity contribution in [2.24, 2.45) is 52.3 Å². The van der Waals surface area contributed by atoms with E-state index in [9.17, 15) is 9.59 Å². The van der Waals surface area contributed by atoms with Crippen LogP contribution in [0.4, 0.5) is 0 Å². The molecule has 0 bridgehead atoms. The second-order valence-electron chi connectivity index (χ2n) is 12.0. The molecular formula is C28H42O2. The third-order valence-electron chi connectivity index (χ3n) is 10.2. The lowest BCUT2D eigenvalue weighted by Crippen LogP contribution is -2.52. The molecule has 0 saturated heterocycles. The largest absolute Gasteiger partial charge is 0.300 e. The smallest absolute Gasteiger partial charge is 0.159 e. The third-order valence-corrected chi connectivity index (χ3v) is 10.2. The van der Waals surface area contributed by atoms with Crippen molar-refractivity contribution in [3.8, 4) is 0 Å². The van der Waals surface area contributed by atoms with Crippen LogP contribution in [0.5, 0.6) is 0 Å². The van der Waals surface area contributed by atoms with Crippen LogP contribution in [0.3, 0.4) is 0 Å². The van der Waals surface area contributed by atoms with Gasteiger partial charge < -0.3 is 0 Å². The summed E-state index contributed by atoms with van der Waals surface area (Å²) >= 11 is 0. The SMILES string of the molecule is CC(C)[C@@H](C)C=C[C@@H](C)[C@H]1CC[C@H]2C3=CC(=O)C4CC(=O)CC[C@]4(C)[C@H]3CC[C@]12C. The molecular weight excluding hydrogens is 368 g/mol. The number of rotatable bonds is 4. The Kier molecular flexibility index (Phi) is 5.69. The van der Waals surface area contributed by atoms with Crippen LogP contribution in [0.15, 0.2) is 23.8 Å². The van der Waals surface area contributed by atoms with E-state index in [1.807, 2.05) is 6.08 Å². The summed E-state index contributed by atoms with van der Waals surface area (Å²) in [4.78, 5) is 25.2. The number of allylic oxidation sites excluding steroid dienone is 4. The van der Waals surface area contributed by atoms with E-state index in [-0.39, 0.29) is 17.1 Å². The minimum Gasteiger partial charge on any atom is -0.300 e. The van der Waals surface area contributed by atoms with E-state index in [2.05, 4.69) is 53.7 Å². The van der Waals surface area contributed by atoms with Crippen molar-refractivity contribution in [3.05, 3.63) is 23.8 Å². The first-order valence-corrected chi connectivity index (χ1v) is 12.5. The summed E-state index contributed by atoms with van der Waals surface area (Å²) < 4.78 is 0. The average molecular weight is 411 g/mol. The number of carbonyl (C=O) groups excluding carboxylic acids is 2. The molecule has 0 spiro atoms. The van der Waals surface area contributed by atoms with Crippen LogP contribution < -0.4 is 0 Å². The fourth-order valence-electron chi connectivity index (χ4n) is 7.77. The normalized spacial score (nSPS) is 43.2. The van der Waals surface area contributed by atoms with E-state index in [0.29, 0.717) is 59.5 Å². The average Bonchev–Trinajstić information content (AvgIpc) is 3.04. The predicted octanol–water partition coefficient (Wildman–Crippen LogP) is 6.80. The van der Waals surface area contributed by atoms with Gasteiger partial charge in [0.2, 0.25) is 0 Å². The Labute approximate surface area is 184 Å². The molecule has 4 aliphatic carbocycles. The molecule has 4 rings (SSSR count). The molecule has 0 radical (unpaired) electrons. The van der Waals surface area contributed by atoms with Crippen molar-refractivity contribution in [3.63, 3.8) is 0 Å². The summed E-state index contributed by atoms with van der Waals surface area (Å²) in [6.07, 6.45) is 14.0.